The van der Waals surface area contributed by atoms with Crippen molar-refractivity contribution in [3.8, 4) is 0 Å². The minimum atomic E-state index is -4.60. The third-order valence-corrected chi connectivity index (χ3v) is 6.38. The normalized spacial score (nSPS) is 16.0. The molecule has 1 fully saturated rings. The summed E-state index contributed by atoms with van der Waals surface area (Å²) >= 11 is 1.70. The molecular weight excluding hydrogens is 427 g/mol. The minimum absolute atomic E-state index is 0.0620. The molecule has 0 spiro atoms. The second kappa shape index (κ2) is 8.46. The summed E-state index contributed by atoms with van der Waals surface area (Å²) in [4.78, 5) is 12.0. The van der Waals surface area contributed by atoms with E-state index >= 15 is 0 Å². The molecule has 29 heavy (non-hydrogen) atoms. The Morgan fingerprint density at radius 1 is 1.10 bits per heavy atom. The maximum Gasteiger partial charge on any atom is 0.416 e. The molecule has 0 atom stereocenters. The fourth-order valence-corrected chi connectivity index (χ4v) is 4.58. The molecule has 2 N–H and O–H groups in total. The predicted molar refractivity (Wildman–Crippen MR) is 106 cm³/mol. The number of anilines is 1. The van der Waals surface area contributed by atoms with Crippen LogP contribution in [0.2, 0.25) is 0 Å². The fraction of sp³-hybridized carbons (Fsp3) is 0.222. The first-order valence-electron chi connectivity index (χ1n) is 8.39. The summed E-state index contributed by atoms with van der Waals surface area (Å²) in [6, 6.07) is 9.01. The van der Waals surface area contributed by atoms with Crippen LogP contribution in [0, 0.1) is 0 Å². The molecular formula is C18H16F3N3O3S2. The molecule has 1 aliphatic heterocycles. The number of amides is 1. The standard InChI is InChI=1S/C18H16F3N3O3S2/c19-18(20,21)13-4-2-5-14(10-13)24-29(26,27)16-6-1-3-12(9-16)17(25)23-22-15-7-8-28-11-15/h1-6,9-10,24H,7-8,11H2,(H,23,25)/b22-15+. The van der Waals surface area contributed by atoms with Crippen molar-refractivity contribution in [2.75, 3.05) is 16.2 Å². The van der Waals surface area contributed by atoms with Gasteiger partial charge in [-0.25, -0.2) is 13.8 Å². The molecule has 0 aromatic heterocycles. The number of carbonyl (C=O) groups excluding carboxylic acids is 1. The molecule has 0 unspecified atom stereocenters. The van der Waals surface area contributed by atoms with Gasteiger partial charge in [0.05, 0.1) is 10.5 Å². The Bertz CT molecular complexity index is 1050. The van der Waals surface area contributed by atoms with Gasteiger partial charge in [-0.15, -0.1) is 0 Å². The molecule has 2 aromatic rings. The zero-order valence-electron chi connectivity index (χ0n) is 14.9. The summed E-state index contributed by atoms with van der Waals surface area (Å²) in [6.07, 6.45) is -3.82. The van der Waals surface area contributed by atoms with Gasteiger partial charge >= 0.3 is 6.18 Å². The lowest BCUT2D eigenvalue weighted by Gasteiger charge is -2.12. The first-order valence-corrected chi connectivity index (χ1v) is 11.0. The van der Waals surface area contributed by atoms with Gasteiger partial charge in [0.15, 0.2) is 0 Å². The van der Waals surface area contributed by atoms with Crippen molar-refractivity contribution in [1.29, 1.82) is 0 Å². The molecule has 0 saturated carbocycles. The van der Waals surface area contributed by atoms with Crippen molar-refractivity contribution in [1.82, 2.24) is 5.43 Å². The van der Waals surface area contributed by atoms with Crippen molar-refractivity contribution in [3.05, 3.63) is 59.7 Å². The third kappa shape index (κ3) is 5.51. The Hall–Kier alpha value is -2.53. The minimum Gasteiger partial charge on any atom is -0.280 e. The number of thioether (sulfide) groups is 1. The number of nitrogens with zero attached hydrogens (tertiary/aromatic N) is 1. The van der Waals surface area contributed by atoms with E-state index in [-0.39, 0.29) is 16.1 Å². The third-order valence-electron chi connectivity index (χ3n) is 3.97. The van der Waals surface area contributed by atoms with E-state index in [2.05, 4.69) is 15.2 Å². The van der Waals surface area contributed by atoms with Gasteiger partial charge < -0.3 is 0 Å². The summed E-state index contributed by atoms with van der Waals surface area (Å²) in [6.45, 7) is 0. The topological polar surface area (TPSA) is 87.6 Å². The van der Waals surface area contributed by atoms with Gasteiger partial charge in [0, 0.05) is 22.7 Å². The highest BCUT2D eigenvalue weighted by Gasteiger charge is 2.30. The van der Waals surface area contributed by atoms with Gasteiger partial charge in [-0.1, -0.05) is 12.1 Å². The lowest BCUT2D eigenvalue weighted by Crippen LogP contribution is -2.20. The van der Waals surface area contributed by atoms with Crippen molar-refractivity contribution in [2.24, 2.45) is 5.10 Å². The van der Waals surface area contributed by atoms with E-state index < -0.39 is 27.7 Å². The van der Waals surface area contributed by atoms with Gasteiger partial charge in [-0.3, -0.25) is 9.52 Å². The van der Waals surface area contributed by atoms with Crippen molar-refractivity contribution in [2.45, 2.75) is 17.5 Å². The van der Waals surface area contributed by atoms with Crippen LogP contribution in [-0.4, -0.2) is 31.5 Å². The lowest BCUT2D eigenvalue weighted by atomic mass is 10.2. The monoisotopic (exact) mass is 443 g/mol. The Kier molecular flexibility index (Phi) is 6.18. The number of rotatable bonds is 5. The van der Waals surface area contributed by atoms with Gasteiger partial charge in [-0.2, -0.15) is 30.0 Å². The van der Waals surface area contributed by atoms with Crippen LogP contribution >= 0.6 is 11.8 Å². The summed E-state index contributed by atoms with van der Waals surface area (Å²) in [7, 11) is -4.20. The molecule has 1 amide bonds. The molecule has 0 aliphatic carbocycles. The van der Waals surface area contributed by atoms with Crippen molar-refractivity contribution in [3.63, 3.8) is 0 Å². The van der Waals surface area contributed by atoms with Crippen molar-refractivity contribution >= 4 is 39.1 Å². The molecule has 11 heteroatoms. The SMILES string of the molecule is O=C(N/N=C1\CCSC1)c1cccc(S(=O)(=O)Nc2cccc(C(F)(F)F)c2)c1. The number of benzene rings is 2. The second-order valence-corrected chi connectivity index (χ2v) is 8.92. The van der Waals surface area contributed by atoms with Crippen LogP contribution < -0.4 is 10.1 Å². The van der Waals surface area contributed by atoms with E-state index in [4.69, 9.17) is 0 Å². The molecule has 0 radical (unpaired) electrons. The number of halogens is 3. The fourth-order valence-electron chi connectivity index (χ4n) is 2.51. The van der Waals surface area contributed by atoms with E-state index in [1.807, 2.05) is 0 Å². The summed E-state index contributed by atoms with van der Waals surface area (Å²) in [5, 5.41) is 4.02. The second-order valence-electron chi connectivity index (χ2n) is 6.13. The van der Waals surface area contributed by atoms with Crippen molar-refractivity contribution < 1.29 is 26.4 Å². The van der Waals surface area contributed by atoms with Crippen LogP contribution in [0.15, 0.2) is 58.5 Å². The summed E-state index contributed by atoms with van der Waals surface area (Å²) in [5.74, 6) is 1.09. The van der Waals surface area contributed by atoms with Gasteiger partial charge in [0.2, 0.25) is 0 Å². The average molecular weight is 443 g/mol. The van der Waals surface area contributed by atoms with Crippen LogP contribution in [0.25, 0.3) is 0 Å². The smallest absolute Gasteiger partial charge is 0.280 e. The number of sulfonamides is 1. The zero-order chi connectivity index (χ0) is 21.1. The maximum absolute atomic E-state index is 12.8. The largest absolute Gasteiger partial charge is 0.416 e. The van der Waals surface area contributed by atoms with Crippen LogP contribution in [0.3, 0.4) is 0 Å². The molecule has 2 aromatic carbocycles. The van der Waals surface area contributed by atoms with Crippen LogP contribution in [-0.2, 0) is 16.2 Å². The van der Waals surface area contributed by atoms with Crippen LogP contribution in [0.4, 0.5) is 18.9 Å². The Morgan fingerprint density at radius 3 is 2.55 bits per heavy atom. The maximum atomic E-state index is 12.8. The number of hydrogen-bond acceptors (Lipinski definition) is 5. The number of hydrazone groups is 1. The molecule has 0 bridgehead atoms. The van der Waals surface area contributed by atoms with E-state index in [1.165, 1.54) is 24.3 Å². The molecule has 154 valence electrons. The van der Waals surface area contributed by atoms with E-state index in [0.29, 0.717) is 6.07 Å². The highest BCUT2D eigenvalue weighted by Crippen LogP contribution is 2.31. The summed E-state index contributed by atoms with van der Waals surface area (Å²) < 4.78 is 65.6. The number of nitrogens with one attached hydrogen (secondary N) is 2. The Morgan fingerprint density at radius 2 is 1.86 bits per heavy atom. The van der Waals surface area contributed by atoms with E-state index in [9.17, 15) is 26.4 Å². The predicted octanol–water partition coefficient (Wildman–Crippen LogP) is 3.73. The van der Waals surface area contributed by atoms with Crippen LogP contribution in [0.1, 0.15) is 22.3 Å². The van der Waals surface area contributed by atoms with Gasteiger partial charge in [0.1, 0.15) is 0 Å². The first-order chi connectivity index (χ1) is 13.6. The number of hydrogen-bond donors (Lipinski definition) is 2. The highest BCUT2D eigenvalue weighted by atomic mass is 32.2. The average Bonchev–Trinajstić information content (AvgIpc) is 3.19. The first kappa shape index (κ1) is 21.2. The zero-order valence-corrected chi connectivity index (χ0v) is 16.5. The quantitative estimate of drug-likeness (QED) is 0.690. The number of carbonyl (C=O) groups is 1. The molecule has 3 rings (SSSR count). The van der Waals surface area contributed by atoms with E-state index in [0.717, 1.165) is 41.8 Å². The Balaban J connectivity index is 1.78. The summed E-state index contributed by atoms with van der Waals surface area (Å²) in [5.41, 5.74) is 2.08. The molecule has 1 heterocycles. The lowest BCUT2D eigenvalue weighted by molar-refractivity contribution is -0.137. The molecule has 1 aliphatic rings. The Labute approximate surface area is 169 Å². The molecule has 6 nitrogen and oxygen atoms in total. The van der Waals surface area contributed by atoms with Gasteiger partial charge in [-0.05, 0) is 48.6 Å². The van der Waals surface area contributed by atoms with E-state index in [1.54, 1.807) is 11.8 Å². The number of alkyl halides is 3. The highest BCUT2D eigenvalue weighted by molar-refractivity contribution is 8.00. The van der Waals surface area contributed by atoms with Gasteiger partial charge in [0.25, 0.3) is 15.9 Å². The molecule has 1 saturated heterocycles. The van der Waals surface area contributed by atoms with Crippen LogP contribution in [0.5, 0.6) is 0 Å².